The predicted octanol–water partition coefficient (Wildman–Crippen LogP) is 5.05. The van der Waals surface area contributed by atoms with E-state index in [0.717, 1.165) is 17.7 Å². The number of carbonyl (C=O) groups is 1. The molecule has 1 heterocycles. The van der Waals surface area contributed by atoms with Crippen LogP contribution in [0.2, 0.25) is 0 Å². The second kappa shape index (κ2) is 9.27. The first-order chi connectivity index (χ1) is 14.0. The number of carbonyl (C=O) groups excluding carboxylic acids is 1. The summed E-state index contributed by atoms with van der Waals surface area (Å²) in [7, 11) is 0. The topological polar surface area (TPSA) is 64.0 Å². The summed E-state index contributed by atoms with van der Waals surface area (Å²) in [5.41, 5.74) is 2.56. The summed E-state index contributed by atoms with van der Waals surface area (Å²) in [4.78, 5) is 30.3. The summed E-state index contributed by atoms with van der Waals surface area (Å²) in [6.45, 7) is 8.55. The zero-order valence-corrected chi connectivity index (χ0v) is 18.1. The van der Waals surface area contributed by atoms with Crippen molar-refractivity contribution < 1.29 is 4.79 Å². The number of fused-ring (bicyclic) bond motifs is 1. The molecule has 0 saturated carbocycles. The number of benzene rings is 2. The monoisotopic (exact) mass is 409 g/mol. The zero-order valence-electron chi connectivity index (χ0n) is 17.3. The lowest BCUT2D eigenvalue weighted by Crippen LogP contribution is -2.27. The third-order valence-corrected chi connectivity index (χ3v) is 6.25. The van der Waals surface area contributed by atoms with Crippen molar-refractivity contribution in [3.05, 3.63) is 64.4 Å². The van der Waals surface area contributed by atoms with Gasteiger partial charge in [0, 0.05) is 12.2 Å². The fraction of sp³-hybridized carbons (Fsp3) is 0.348. The molecule has 0 aliphatic rings. The lowest BCUT2D eigenvalue weighted by atomic mass is 9.97. The molecule has 0 spiro atoms. The molecule has 2 aromatic carbocycles. The van der Waals surface area contributed by atoms with Gasteiger partial charge in [-0.2, -0.15) is 0 Å². The number of anilines is 1. The van der Waals surface area contributed by atoms with E-state index in [2.05, 4.69) is 30.2 Å². The number of nitrogens with one attached hydrogen (secondary N) is 1. The van der Waals surface area contributed by atoms with Crippen LogP contribution in [-0.2, 0) is 11.3 Å². The Balaban J connectivity index is 1.85. The standard InChI is InChI=1S/C23H27N3O2S/c1-5-15(3)17-11-7-9-13-19(17)24-21(27)16(4)29-23-25-20-14-10-8-12-18(20)22(28)26(23)6-2/h7-16H,5-6H2,1-4H3,(H,24,27)/t15-,16-/m0/s1. The summed E-state index contributed by atoms with van der Waals surface area (Å²) >= 11 is 1.31. The Morgan fingerprint density at radius 3 is 2.52 bits per heavy atom. The van der Waals surface area contributed by atoms with Crippen LogP contribution in [0.25, 0.3) is 10.9 Å². The fourth-order valence-corrected chi connectivity index (χ4v) is 4.20. The molecule has 0 radical (unpaired) electrons. The Bertz CT molecular complexity index is 1080. The number of amides is 1. The molecule has 6 heteroatoms. The van der Waals surface area contributed by atoms with Gasteiger partial charge in [-0.15, -0.1) is 0 Å². The number of rotatable bonds is 7. The molecule has 5 nitrogen and oxygen atoms in total. The quantitative estimate of drug-likeness (QED) is 0.438. The Morgan fingerprint density at radius 1 is 1.10 bits per heavy atom. The maximum atomic E-state index is 12.9. The lowest BCUT2D eigenvalue weighted by molar-refractivity contribution is -0.115. The highest BCUT2D eigenvalue weighted by atomic mass is 32.2. The normalized spacial score (nSPS) is 13.2. The van der Waals surface area contributed by atoms with Crippen LogP contribution in [0.1, 0.15) is 45.6 Å². The van der Waals surface area contributed by atoms with Crippen LogP contribution in [0.5, 0.6) is 0 Å². The van der Waals surface area contributed by atoms with Gasteiger partial charge >= 0.3 is 0 Å². The Hall–Kier alpha value is -2.60. The minimum Gasteiger partial charge on any atom is -0.325 e. The van der Waals surface area contributed by atoms with Crippen molar-refractivity contribution in [3.8, 4) is 0 Å². The first kappa shape index (κ1) is 21.1. The molecule has 3 rings (SSSR count). The number of thioether (sulfide) groups is 1. The van der Waals surface area contributed by atoms with Crippen molar-refractivity contribution in [3.63, 3.8) is 0 Å². The smallest absolute Gasteiger partial charge is 0.262 e. The van der Waals surface area contributed by atoms with E-state index >= 15 is 0 Å². The Morgan fingerprint density at radius 2 is 1.79 bits per heavy atom. The van der Waals surface area contributed by atoms with E-state index in [4.69, 9.17) is 0 Å². The average molecular weight is 410 g/mol. The SMILES string of the molecule is CC[C@H](C)c1ccccc1NC(=O)[C@H](C)Sc1nc2ccccc2c(=O)n1CC. The zero-order chi connectivity index (χ0) is 21.0. The van der Waals surface area contributed by atoms with Crippen molar-refractivity contribution in [2.24, 2.45) is 0 Å². The molecule has 0 bridgehead atoms. The molecule has 2 atom stereocenters. The Kier molecular flexibility index (Phi) is 6.75. The molecule has 0 unspecified atom stereocenters. The van der Waals surface area contributed by atoms with Crippen LogP contribution in [0.4, 0.5) is 5.69 Å². The molecule has 29 heavy (non-hydrogen) atoms. The summed E-state index contributed by atoms with van der Waals surface area (Å²) in [5, 5.41) is 3.82. The molecule has 1 amide bonds. The molecule has 0 aliphatic carbocycles. The van der Waals surface area contributed by atoms with Gasteiger partial charge in [0.05, 0.1) is 16.2 Å². The largest absolute Gasteiger partial charge is 0.325 e. The van der Waals surface area contributed by atoms with Gasteiger partial charge in [-0.05, 0) is 49.9 Å². The second-order valence-corrected chi connectivity index (χ2v) is 8.41. The van der Waals surface area contributed by atoms with E-state index in [0.29, 0.717) is 28.5 Å². The number of hydrogen-bond donors (Lipinski definition) is 1. The van der Waals surface area contributed by atoms with E-state index in [-0.39, 0.29) is 11.5 Å². The molecule has 152 valence electrons. The highest BCUT2D eigenvalue weighted by Gasteiger charge is 2.20. The molecule has 0 aliphatic heterocycles. The van der Waals surface area contributed by atoms with Gasteiger partial charge in [-0.25, -0.2) is 4.98 Å². The molecule has 3 aromatic rings. The highest BCUT2D eigenvalue weighted by molar-refractivity contribution is 8.00. The maximum absolute atomic E-state index is 12.9. The van der Waals surface area contributed by atoms with E-state index < -0.39 is 5.25 Å². The fourth-order valence-electron chi connectivity index (χ4n) is 3.22. The molecule has 1 aromatic heterocycles. The average Bonchev–Trinajstić information content (AvgIpc) is 2.73. The van der Waals surface area contributed by atoms with Crippen LogP contribution in [0.3, 0.4) is 0 Å². The summed E-state index contributed by atoms with van der Waals surface area (Å²) in [5.74, 6) is 0.262. The van der Waals surface area contributed by atoms with E-state index in [1.807, 2.05) is 50.2 Å². The first-order valence-corrected chi connectivity index (χ1v) is 10.9. The van der Waals surface area contributed by atoms with Gasteiger partial charge in [-0.1, -0.05) is 55.9 Å². The number of hydrogen-bond acceptors (Lipinski definition) is 4. The molecule has 0 saturated heterocycles. The summed E-state index contributed by atoms with van der Waals surface area (Å²) in [6, 6.07) is 15.2. The maximum Gasteiger partial charge on any atom is 0.262 e. The second-order valence-electron chi connectivity index (χ2n) is 7.11. The minimum absolute atomic E-state index is 0.0738. The van der Waals surface area contributed by atoms with E-state index in [1.54, 1.807) is 10.6 Å². The van der Waals surface area contributed by atoms with E-state index in [9.17, 15) is 9.59 Å². The van der Waals surface area contributed by atoms with Gasteiger partial charge in [0.2, 0.25) is 5.91 Å². The van der Waals surface area contributed by atoms with E-state index in [1.165, 1.54) is 11.8 Å². The van der Waals surface area contributed by atoms with Crippen molar-refractivity contribution in [2.45, 2.75) is 57.0 Å². The van der Waals surface area contributed by atoms with Crippen molar-refractivity contribution in [1.29, 1.82) is 0 Å². The minimum atomic E-state index is -0.397. The van der Waals surface area contributed by atoms with Crippen molar-refractivity contribution in [2.75, 3.05) is 5.32 Å². The number of aromatic nitrogens is 2. The van der Waals surface area contributed by atoms with Crippen molar-refractivity contribution in [1.82, 2.24) is 9.55 Å². The Labute approximate surface area is 175 Å². The highest BCUT2D eigenvalue weighted by Crippen LogP contribution is 2.28. The van der Waals surface area contributed by atoms with Crippen LogP contribution in [-0.4, -0.2) is 20.7 Å². The number of para-hydroxylation sites is 2. The predicted molar refractivity (Wildman–Crippen MR) is 121 cm³/mol. The van der Waals surface area contributed by atoms with Gasteiger partial charge in [0.15, 0.2) is 5.16 Å². The first-order valence-electron chi connectivity index (χ1n) is 10.0. The van der Waals surface area contributed by atoms with Gasteiger partial charge in [0.25, 0.3) is 5.56 Å². The van der Waals surface area contributed by atoms with Crippen LogP contribution >= 0.6 is 11.8 Å². The van der Waals surface area contributed by atoms with Crippen LogP contribution in [0, 0.1) is 0 Å². The molecular formula is C23H27N3O2S. The molecular weight excluding hydrogens is 382 g/mol. The van der Waals surface area contributed by atoms with Gasteiger partial charge in [-0.3, -0.25) is 14.2 Å². The van der Waals surface area contributed by atoms with Gasteiger partial charge in [0.1, 0.15) is 0 Å². The summed E-state index contributed by atoms with van der Waals surface area (Å²) in [6.07, 6.45) is 1.00. The van der Waals surface area contributed by atoms with Crippen LogP contribution < -0.4 is 10.9 Å². The third kappa shape index (κ3) is 4.53. The number of nitrogens with zero attached hydrogens (tertiary/aromatic N) is 2. The lowest BCUT2D eigenvalue weighted by Gasteiger charge is -2.18. The van der Waals surface area contributed by atoms with Gasteiger partial charge < -0.3 is 5.32 Å². The summed E-state index contributed by atoms with van der Waals surface area (Å²) < 4.78 is 1.63. The molecule has 1 N–H and O–H groups in total. The molecule has 0 fully saturated rings. The van der Waals surface area contributed by atoms with Crippen LogP contribution in [0.15, 0.2) is 58.5 Å². The third-order valence-electron chi connectivity index (χ3n) is 5.16. The van der Waals surface area contributed by atoms with Crippen molar-refractivity contribution >= 4 is 34.3 Å².